The Morgan fingerprint density at radius 1 is 0.947 bits per heavy atom. The lowest BCUT2D eigenvalue weighted by Gasteiger charge is -2.08. The normalized spacial score (nSPS) is 10.3. The zero-order valence-electron chi connectivity index (χ0n) is 9.32. The maximum Gasteiger partial charge on any atom is 0.338 e. The van der Waals surface area contributed by atoms with E-state index in [-0.39, 0.29) is 16.5 Å². The molecule has 0 saturated carbocycles. The summed E-state index contributed by atoms with van der Waals surface area (Å²) in [4.78, 5) is 37.1. The predicted octanol–water partition coefficient (Wildman–Crippen LogP) is 1.33. The van der Waals surface area contributed by atoms with Crippen molar-refractivity contribution in [1.82, 2.24) is 4.98 Å². The van der Waals surface area contributed by atoms with Crippen LogP contribution in [0.5, 0.6) is 0 Å². The van der Waals surface area contributed by atoms with Gasteiger partial charge in [0.15, 0.2) is 0 Å². The van der Waals surface area contributed by atoms with Gasteiger partial charge < -0.3 is 15.3 Å². The van der Waals surface area contributed by atoms with Gasteiger partial charge in [-0.3, -0.25) is 4.98 Å². The molecule has 2 aromatic rings. The molecule has 19 heavy (non-hydrogen) atoms. The molecular formula is C12H7NO6. The van der Waals surface area contributed by atoms with Gasteiger partial charge >= 0.3 is 17.9 Å². The van der Waals surface area contributed by atoms with Gasteiger partial charge in [0.05, 0.1) is 16.6 Å². The Balaban J connectivity index is 3.03. The standard InChI is InChI=1S/C12H7NO6/c14-10(15)6-4-7(11(16)17)8(12(18)19)9-5(6)2-1-3-13-9/h1-4H,(H,14,15)(H,16,17)(H,18,19). The minimum atomic E-state index is -1.52. The van der Waals surface area contributed by atoms with Crippen molar-refractivity contribution < 1.29 is 29.7 Å². The highest BCUT2D eigenvalue weighted by Gasteiger charge is 2.24. The van der Waals surface area contributed by atoms with Crippen molar-refractivity contribution in [2.24, 2.45) is 0 Å². The van der Waals surface area contributed by atoms with Gasteiger partial charge in [0.2, 0.25) is 0 Å². The molecule has 1 heterocycles. The third kappa shape index (κ3) is 1.97. The molecule has 0 aliphatic carbocycles. The molecule has 1 aromatic heterocycles. The van der Waals surface area contributed by atoms with E-state index in [2.05, 4.69) is 4.98 Å². The van der Waals surface area contributed by atoms with Gasteiger partial charge in [0, 0.05) is 11.6 Å². The number of aromatic carboxylic acids is 3. The maximum absolute atomic E-state index is 11.2. The summed E-state index contributed by atoms with van der Waals surface area (Å²) in [6, 6.07) is 3.66. The van der Waals surface area contributed by atoms with Crippen molar-refractivity contribution >= 4 is 28.8 Å². The van der Waals surface area contributed by atoms with Crippen LogP contribution in [0.4, 0.5) is 0 Å². The van der Waals surface area contributed by atoms with Crippen molar-refractivity contribution in [3.8, 4) is 0 Å². The first-order valence-corrected chi connectivity index (χ1v) is 5.05. The van der Waals surface area contributed by atoms with Gasteiger partial charge in [-0.2, -0.15) is 0 Å². The Bertz CT molecular complexity index is 721. The molecule has 0 bridgehead atoms. The number of hydrogen-bond donors (Lipinski definition) is 3. The number of rotatable bonds is 3. The highest BCUT2D eigenvalue weighted by atomic mass is 16.4. The fourth-order valence-electron chi connectivity index (χ4n) is 1.81. The van der Waals surface area contributed by atoms with E-state index in [0.29, 0.717) is 0 Å². The molecule has 0 unspecified atom stereocenters. The molecule has 0 atom stereocenters. The van der Waals surface area contributed by atoms with E-state index in [9.17, 15) is 14.4 Å². The minimum absolute atomic E-state index is 0.0809. The van der Waals surface area contributed by atoms with Crippen molar-refractivity contribution in [3.05, 3.63) is 41.1 Å². The Labute approximate surface area is 105 Å². The first kappa shape index (κ1) is 12.5. The van der Waals surface area contributed by atoms with Crippen LogP contribution in [0.2, 0.25) is 0 Å². The zero-order valence-corrected chi connectivity index (χ0v) is 9.32. The van der Waals surface area contributed by atoms with E-state index < -0.39 is 29.0 Å². The summed E-state index contributed by atoms with van der Waals surface area (Å²) in [5.74, 6) is -4.34. The molecule has 96 valence electrons. The summed E-state index contributed by atoms with van der Waals surface area (Å²) in [6.07, 6.45) is 1.27. The fraction of sp³-hybridized carbons (Fsp3) is 0. The second-order valence-electron chi connectivity index (χ2n) is 3.66. The van der Waals surface area contributed by atoms with Crippen LogP contribution in [-0.4, -0.2) is 38.2 Å². The number of carboxylic acid groups (broad SMARTS) is 3. The first-order chi connectivity index (χ1) is 8.93. The van der Waals surface area contributed by atoms with E-state index in [1.807, 2.05) is 0 Å². The number of nitrogens with zero attached hydrogens (tertiary/aromatic N) is 1. The molecule has 0 saturated heterocycles. The van der Waals surface area contributed by atoms with E-state index >= 15 is 0 Å². The van der Waals surface area contributed by atoms with E-state index in [1.165, 1.54) is 18.3 Å². The number of benzene rings is 1. The molecule has 0 fully saturated rings. The lowest BCUT2D eigenvalue weighted by molar-refractivity contribution is 0.0651. The molecule has 3 N–H and O–H groups in total. The van der Waals surface area contributed by atoms with Crippen LogP contribution in [0.3, 0.4) is 0 Å². The van der Waals surface area contributed by atoms with Gasteiger partial charge in [0.25, 0.3) is 0 Å². The highest BCUT2D eigenvalue weighted by Crippen LogP contribution is 2.25. The summed E-state index contributed by atoms with van der Waals surface area (Å²) in [7, 11) is 0. The number of aromatic nitrogens is 1. The Hall–Kier alpha value is -2.96. The van der Waals surface area contributed by atoms with E-state index in [1.54, 1.807) is 0 Å². The molecule has 0 aliphatic heterocycles. The number of carboxylic acids is 3. The fourth-order valence-corrected chi connectivity index (χ4v) is 1.81. The zero-order chi connectivity index (χ0) is 14.2. The summed E-state index contributed by atoms with van der Waals surface area (Å²) in [5, 5.41) is 27.2. The van der Waals surface area contributed by atoms with Gasteiger partial charge in [-0.05, 0) is 12.1 Å². The van der Waals surface area contributed by atoms with Crippen LogP contribution < -0.4 is 0 Å². The summed E-state index contributed by atoms with van der Waals surface area (Å²) in [6.45, 7) is 0. The van der Waals surface area contributed by atoms with Crippen molar-refractivity contribution in [2.75, 3.05) is 0 Å². The number of pyridine rings is 1. The number of fused-ring (bicyclic) bond motifs is 1. The third-order valence-electron chi connectivity index (χ3n) is 2.57. The molecule has 7 nitrogen and oxygen atoms in total. The lowest BCUT2D eigenvalue weighted by atomic mass is 9.98. The summed E-state index contributed by atoms with van der Waals surface area (Å²) in [5.41, 5.74) is -1.58. The minimum Gasteiger partial charge on any atom is -0.478 e. The Morgan fingerprint density at radius 2 is 1.58 bits per heavy atom. The molecule has 0 amide bonds. The van der Waals surface area contributed by atoms with Crippen LogP contribution in [0.15, 0.2) is 24.4 Å². The lowest BCUT2D eigenvalue weighted by Crippen LogP contribution is -2.12. The monoisotopic (exact) mass is 261 g/mol. The average Bonchev–Trinajstić information content (AvgIpc) is 2.35. The molecule has 0 spiro atoms. The van der Waals surface area contributed by atoms with Gasteiger partial charge in [-0.1, -0.05) is 6.07 Å². The highest BCUT2D eigenvalue weighted by molar-refractivity contribution is 6.15. The van der Waals surface area contributed by atoms with E-state index in [4.69, 9.17) is 15.3 Å². The summed E-state index contributed by atoms with van der Waals surface area (Å²) >= 11 is 0. The van der Waals surface area contributed by atoms with Crippen LogP contribution >= 0.6 is 0 Å². The first-order valence-electron chi connectivity index (χ1n) is 5.05. The molecule has 1 aromatic carbocycles. The second-order valence-corrected chi connectivity index (χ2v) is 3.66. The Morgan fingerprint density at radius 3 is 2.11 bits per heavy atom. The molecule has 2 rings (SSSR count). The SMILES string of the molecule is O=C(O)c1cc(C(=O)O)c2cccnc2c1C(=O)O. The van der Waals surface area contributed by atoms with Gasteiger partial charge in [0.1, 0.15) is 5.56 Å². The maximum atomic E-state index is 11.2. The van der Waals surface area contributed by atoms with Crippen LogP contribution in [-0.2, 0) is 0 Å². The van der Waals surface area contributed by atoms with E-state index in [0.717, 1.165) is 6.07 Å². The van der Waals surface area contributed by atoms with Crippen molar-refractivity contribution in [1.29, 1.82) is 0 Å². The van der Waals surface area contributed by atoms with Gasteiger partial charge in [-0.15, -0.1) is 0 Å². The topological polar surface area (TPSA) is 125 Å². The smallest absolute Gasteiger partial charge is 0.338 e. The number of hydrogen-bond acceptors (Lipinski definition) is 4. The number of carbonyl (C=O) groups is 3. The van der Waals surface area contributed by atoms with Crippen LogP contribution in [0.1, 0.15) is 31.1 Å². The predicted molar refractivity (Wildman–Crippen MR) is 62.6 cm³/mol. The molecule has 7 heteroatoms. The van der Waals surface area contributed by atoms with Crippen LogP contribution in [0, 0.1) is 0 Å². The van der Waals surface area contributed by atoms with Gasteiger partial charge in [-0.25, -0.2) is 14.4 Å². The van der Waals surface area contributed by atoms with Crippen LogP contribution in [0.25, 0.3) is 10.9 Å². The molecule has 0 aliphatic rings. The molecule has 0 radical (unpaired) electrons. The molecular weight excluding hydrogens is 254 g/mol. The quantitative estimate of drug-likeness (QED) is 0.760. The third-order valence-corrected chi connectivity index (χ3v) is 2.57. The van der Waals surface area contributed by atoms with Crippen molar-refractivity contribution in [3.63, 3.8) is 0 Å². The largest absolute Gasteiger partial charge is 0.478 e. The Kier molecular flexibility index (Phi) is 2.88. The van der Waals surface area contributed by atoms with Crippen molar-refractivity contribution in [2.45, 2.75) is 0 Å². The average molecular weight is 261 g/mol. The second kappa shape index (κ2) is 4.37. The summed E-state index contributed by atoms with van der Waals surface area (Å²) < 4.78 is 0.